The van der Waals surface area contributed by atoms with E-state index in [4.69, 9.17) is 4.98 Å². The van der Waals surface area contributed by atoms with Crippen molar-refractivity contribution in [1.29, 1.82) is 0 Å². The summed E-state index contributed by atoms with van der Waals surface area (Å²) in [5.74, 6) is 1.67. The van der Waals surface area contributed by atoms with Crippen LogP contribution in [0.4, 0.5) is 0 Å². The van der Waals surface area contributed by atoms with E-state index in [0.29, 0.717) is 5.92 Å². The fourth-order valence-corrected chi connectivity index (χ4v) is 3.18. The first kappa shape index (κ1) is 27.2. The molecule has 0 amide bonds. The third kappa shape index (κ3) is 5.86. The van der Waals surface area contributed by atoms with Crippen molar-refractivity contribution in [3.8, 4) is 11.4 Å². The van der Waals surface area contributed by atoms with Gasteiger partial charge in [0.25, 0.3) is 0 Å². The van der Waals surface area contributed by atoms with Crippen LogP contribution in [0.25, 0.3) is 33.3 Å². The summed E-state index contributed by atoms with van der Waals surface area (Å²) < 4.78 is 2.35. The van der Waals surface area contributed by atoms with Crippen LogP contribution in [0.1, 0.15) is 20.3 Å². The predicted octanol–water partition coefficient (Wildman–Crippen LogP) is 4.79. The molecule has 2 heterocycles. The number of imidazole rings is 1. The number of rotatable bonds is 4. The standard InChI is InChI=1S/C21H21N3.CH3.ClH.2H2O.Pt/c1-15(2)12-14-24-19-11-4-3-10-18(19)23-21(24)17-9-5-7-16-8-6-13-22-20(16)17;;;;;/h3-11,13,15H,12,14H2,1-2H3;1H3;1H;2*1H2;/q;-1;;;;+2/p-1. The molecule has 2 aromatic heterocycles. The van der Waals surface area contributed by atoms with Gasteiger partial charge in [-0.05, 0) is 36.6 Å². The van der Waals surface area contributed by atoms with Crippen LogP contribution >= 0.6 is 9.42 Å². The normalized spacial score (nSPS) is 9.86. The zero-order valence-electron chi connectivity index (χ0n) is 16.8. The molecule has 0 bridgehead atoms. The Morgan fingerprint density at radius 2 is 1.66 bits per heavy atom. The third-order valence-electron chi connectivity index (χ3n) is 4.46. The Kier molecular flexibility index (Phi) is 11.9. The Morgan fingerprint density at radius 1 is 0.966 bits per heavy atom. The molecule has 29 heavy (non-hydrogen) atoms. The number of para-hydroxylation sites is 3. The van der Waals surface area contributed by atoms with Crippen molar-refractivity contribution in [2.45, 2.75) is 26.8 Å². The van der Waals surface area contributed by atoms with Crippen LogP contribution in [-0.2, 0) is 25.3 Å². The van der Waals surface area contributed by atoms with Crippen LogP contribution in [0.2, 0.25) is 0 Å². The van der Waals surface area contributed by atoms with E-state index in [-0.39, 0.29) is 18.4 Å². The molecule has 0 aliphatic heterocycles. The minimum atomic E-state index is 0. The van der Waals surface area contributed by atoms with Crippen molar-refractivity contribution in [2.24, 2.45) is 5.92 Å². The van der Waals surface area contributed by atoms with Gasteiger partial charge in [0.05, 0.1) is 16.6 Å². The molecular formula is C22H28ClN3O2Pt. The summed E-state index contributed by atoms with van der Waals surface area (Å²) in [6, 6.07) is 18.8. The molecule has 0 fully saturated rings. The molecule has 0 atom stereocenters. The van der Waals surface area contributed by atoms with Crippen LogP contribution < -0.4 is 0 Å². The second kappa shape index (κ2) is 12.7. The van der Waals surface area contributed by atoms with Crippen LogP contribution in [0.15, 0.2) is 60.8 Å². The first-order valence-electron chi connectivity index (χ1n) is 8.65. The van der Waals surface area contributed by atoms with Gasteiger partial charge in [-0.1, -0.05) is 44.2 Å². The van der Waals surface area contributed by atoms with Gasteiger partial charge in [-0.3, -0.25) is 4.98 Å². The van der Waals surface area contributed by atoms with Crippen molar-refractivity contribution >= 4 is 31.4 Å². The molecular weight excluding hydrogens is 569 g/mol. The summed E-state index contributed by atoms with van der Waals surface area (Å²) in [5.41, 5.74) is 4.36. The molecule has 0 unspecified atom stereocenters. The summed E-state index contributed by atoms with van der Waals surface area (Å²) in [5, 5.41) is 1.15. The van der Waals surface area contributed by atoms with Crippen LogP contribution in [0.3, 0.4) is 0 Å². The van der Waals surface area contributed by atoms with Crippen LogP contribution in [0.5, 0.6) is 0 Å². The van der Waals surface area contributed by atoms with Crippen molar-refractivity contribution < 1.29 is 29.7 Å². The van der Waals surface area contributed by atoms with Gasteiger partial charge in [-0.2, -0.15) is 0 Å². The molecule has 160 valence electrons. The molecule has 7 heteroatoms. The molecule has 0 aliphatic carbocycles. The fourth-order valence-electron chi connectivity index (χ4n) is 3.18. The maximum atomic E-state index is 4.93. The molecule has 4 aromatic rings. The number of hydrogen-bond donors (Lipinski definition) is 0. The maximum absolute atomic E-state index is 4.93. The van der Waals surface area contributed by atoms with Crippen molar-refractivity contribution in [3.63, 3.8) is 0 Å². The Labute approximate surface area is 187 Å². The second-order valence-corrected chi connectivity index (χ2v) is 6.64. The monoisotopic (exact) mass is 596 g/mol. The molecule has 2 aromatic carbocycles. The summed E-state index contributed by atoms with van der Waals surface area (Å²) >= 11 is 1.61. The van der Waals surface area contributed by atoms with Crippen LogP contribution in [-0.4, -0.2) is 25.5 Å². The van der Waals surface area contributed by atoms with Gasteiger partial charge in [-0.15, -0.1) is 0 Å². The Bertz CT molecular complexity index is 1020. The van der Waals surface area contributed by atoms with Gasteiger partial charge in [0.1, 0.15) is 5.82 Å². The van der Waals surface area contributed by atoms with Crippen molar-refractivity contribution in [3.05, 3.63) is 68.2 Å². The van der Waals surface area contributed by atoms with E-state index in [2.05, 4.69) is 75.3 Å². The first-order valence-corrected chi connectivity index (χ1v) is 11.5. The number of aryl methyl sites for hydroxylation is 1. The second-order valence-electron chi connectivity index (χ2n) is 6.64. The minimum absolute atomic E-state index is 0. The van der Waals surface area contributed by atoms with E-state index in [1.54, 1.807) is 18.8 Å². The van der Waals surface area contributed by atoms with Gasteiger partial charge < -0.3 is 22.9 Å². The molecule has 0 radical (unpaired) electrons. The molecule has 0 spiro atoms. The van der Waals surface area contributed by atoms with Crippen molar-refractivity contribution in [2.75, 3.05) is 0 Å². The zero-order chi connectivity index (χ0) is 18.5. The van der Waals surface area contributed by atoms with E-state index < -0.39 is 0 Å². The summed E-state index contributed by atoms with van der Waals surface area (Å²) in [7, 11) is 4.61. The average Bonchev–Trinajstić information content (AvgIpc) is 3.06. The van der Waals surface area contributed by atoms with Gasteiger partial charge in [0.2, 0.25) is 0 Å². The summed E-state index contributed by atoms with van der Waals surface area (Å²) in [6.07, 6.45) is 2.98. The van der Waals surface area contributed by atoms with Crippen molar-refractivity contribution in [1.82, 2.24) is 14.5 Å². The van der Waals surface area contributed by atoms with Gasteiger partial charge in [0.15, 0.2) is 0 Å². The fraction of sp³-hybridized carbons (Fsp3) is 0.227. The number of nitrogens with zero attached hydrogens (tertiary/aromatic N) is 3. The molecule has 0 saturated carbocycles. The van der Waals surface area contributed by atoms with E-state index in [9.17, 15) is 0 Å². The molecule has 0 saturated heterocycles. The third-order valence-corrected chi connectivity index (χ3v) is 4.46. The van der Waals surface area contributed by atoms with E-state index in [1.807, 2.05) is 18.3 Å². The van der Waals surface area contributed by atoms with E-state index in [1.165, 1.54) is 5.52 Å². The number of hydrogen-bond acceptors (Lipinski definition) is 2. The zero-order valence-corrected chi connectivity index (χ0v) is 19.8. The summed E-state index contributed by atoms with van der Waals surface area (Å²) in [6.45, 7) is 5.49. The van der Waals surface area contributed by atoms with Gasteiger partial charge >= 0.3 is 28.2 Å². The number of aromatic nitrogens is 3. The van der Waals surface area contributed by atoms with E-state index in [0.717, 1.165) is 40.8 Å². The van der Waals surface area contributed by atoms with Gasteiger partial charge in [-0.25, -0.2) is 4.98 Å². The Morgan fingerprint density at radius 3 is 2.38 bits per heavy atom. The molecule has 4 N–H and O–H groups in total. The Balaban J connectivity index is 0.00000152. The first-order chi connectivity index (χ1) is 12.7. The van der Waals surface area contributed by atoms with E-state index >= 15 is 0 Å². The predicted molar refractivity (Wildman–Crippen MR) is 119 cm³/mol. The molecule has 5 nitrogen and oxygen atoms in total. The summed E-state index contributed by atoms with van der Waals surface area (Å²) in [4.78, 5) is 9.54. The number of pyridine rings is 1. The quantitative estimate of drug-likeness (QED) is 0.317. The molecule has 0 aliphatic rings. The molecule has 4 rings (SSSR count). The van der Waals surface area contributed by atoms with Gasteiger partial charge in [0, 0.05) is 23.7 Å². The topological polar surface area (TPSA) is 93.7 Å². The number of halogens is 1. The van der Waals surface area contributed by atoms with Crippen LogP contribution in [0, 0.1) is 13.3 Å². The average molecular weight is 597 g/mol. The number of benzene rings is 2. The number of fused-ring (bicyclic) bond motifs is 2. The Hall–Kier alpha value is -1.78. The SMILES string of the molecule is CC(C)CCn1c(-c2cccc3cccnc23)nc2ccccc21.O.O.[CH3-].[Cl][Pt+].